The summed E-state index contributed by atoms with van der Waals surface area (Å²) in [7, 11) is 0. The highest BCUT2D eigenvalue weighted by Crippen LogP contribution is 2.35. The number of benzene rings is 1. The highest BCUT2D eigenvalue weighted by Gasteiger charge is 2.21. The van der Waals surface area contributed by atoms with Crippen LogP contribution in [0.1, 0.15) is 41.3 Å². The van der Waals surface area contributed by atoms with E-state index in [0.29, 0.717) is 16.9 Å². The van der Waals surface area contributed by atoms with Crippen LogP contribution in [0.4, 0.5) is 0 Å². The molecular formula is C25H24N6O3. The number of pyridine rings is 1. The first-order chi connectivity index (χ1) is 16.1. The predicted octanol–water partition coefficient (Wildman–Crippen LogP) is 3.38. The van der Waals surface area contributed by atoms with Gasteiger partial charge in [0.15, 0.2) is 5.65 Å². The molecule has 0 saturated heterocycles. The van der Waals surface area contributed by atoms with Crippen LogP contribution < -0.4 is 5.48 Å². The van der Waals surface area contributed by atoms with Gasteiger partial charge in [0.1, 0.15) is 18.0 Å². The number of nitriles is 1. The zero-order valence-electron chi connectivity index (χ0n) is 19.3. The molecule has 4 rings (SSSR count). The van der Waals surface area contributed by atoms with Crippen molar-refractivity contribution >= 4 is 11.6 Å². The molecule has 0 unspecified atom stereocenters. The fourth-order valence-electron chi connectivity index (χ4n) is 3.57. The molecule has 9 nitrogen and oxygen atoms in total. The zero-order chi connectivity index (χ0) is 24.5. The molecule has 0 atom stereocenters. The van der Waals surface area contributed by atoms with Crippen LogP contribution in [0.25, 0.3) is 28.0 Å². The molecule has 3 aromatic heterocycles. The number of aliphatic hydroxyl groups is 1. The van der Waals surface area contributed by atoms with Crippen molar-refractivity contribution in [1.29, 1.82) is 5.26 Å². The first-order valence-corrected chi connectivity index (χ1v) is 10.6. The number of aryl methyl sites for hydroxylation is 2. The molecule has 4 aromatic rings. The minimum atomic E-state index is -1.09. The van der Waals surface area contributed by atoms with Gasteiger partial charge in [0.2, 0.25) is 0 Å². The van der Waals surface area contributed by atoms with Gasteiger partial charge in [0.05, 0.1) is 22.8 Å². The maximum Gasteiger partial charge on any atom is 0.293 e. The molecule has 0 fully saturated rings. The molecule has 0 spiro atoms. The summed E-state index contributed by atoms with van der Waals surface area (Å²) in [6.07, 6.45) is 1.65. The fraction of sp³-hybridized carbons (Fsp3) is 0.240. The van der Waals surface area contributed by atoms with E-state index in [1.165, 1.54) is 6.07 Å². The molecule has 0 saturated carbocycles. The van der Waals surface area contributed by atoms with Gasteiger partial charge in [-0.25, -0.2) is 15.0 Å². The van der Waals surface area contributed by atoms with Crippen molar-refractivity contribution in [2.45, 2.75) is 33.3 Å². The number of nitrogens with one attached hydrogen (secondary N) is 1. The second-order valence-electron chi connectivity index (χ2n) is 8.67. The summed E-state index contributed by atoms with van der Waals surface area (Å²) >= 11 is 0. The first kappa shape index (κ1) is 23.0. The van der Waals surface area contributed by atoms with E-state index in [1.807, 2.05) is 32.0 Å². The summed E-state index contributed by atoms with van der Waals surface area (Å²) in [6.45, 7) is 6.88. The summed E-state index contributed by atoms with van der Waals surface area (Å²) in [5.74, 6) is -0.547. The van der Waals surface area contributed by atoms with Gasteiger partial charge in [-0.1, -0.05) is 12.1 Å². The van der Waals surface area contributed by atoms with Gasteiger partial charge in [-0.2, -0.15) is 10.4 Å². The Morgan fingerprint density at radius 1 is 1.15 bits per heavy atom. The van der Waals surface area contributed by atoms with Gasteiger partial charge in [-0.3, -0.25) is 14.6 Å². The number of nitrogens with zero attached hydrogens (tertiary/aromatic N) is 5. The second-order valence-corrected chi connectivity index (χ2v) is 8.67. The lowest BCUT2D eigenvalue weighted by Gasteiger charge is -2.16. The van der Waals surface area contributed by atoms with E-state index in [0.717, 1.165) is 28.1 Å². The summed E-state index contributed by atoms with van der Waals surface area (Å²) in [5.41, 5.74) is 6.95. The summed E-state index contributed by atoms with van der Waals surface area (Å²) in [5, 5.41) is 23.8. The van der Waals surface area contributed by atoms with E-state index in [4.69, 9.17) is 9.94 Å². The maximum absolute atomic E-state index is 12.6. The van der Waals surface area contributed by atoms with E-state index in [-0.39, 0.29) is 12.3 Å². The minimum Gasteiger partial charge on any atom is -0.388 e. The Hall–Kier alpha value is -4.13. The normalized spacial score (nSPS) is 11.4. The largest absolute Gasteiger partial charge is 0.388 e. The summed E-state index contributed by atoms with van der Waals surface area (Å²) in [6, 6.07) is 14.7. The molecule has 3 heterocycles. The van der Waals surface area contributed by atoms with Crippen molar-refractivity contribution in [3.8, 4) is 28.5 Å². The lowest BCUT2D eigenvalue weighted by Crippen LogP contribution is -2.33. The van der Waals surface area contributed by atoms with Crippen LogP contribution in [0, 0.1) is 25.2 Å². The van der Waals surface area contributed by atoms with Crippen molar-refractivity contribution in [2.75, 3.05) is 6.61 Å². The maximum atomic E-state index is 12.6. The number of rotatable bonds is 6. The van der Waals surface area contributed by atoms with Gasteiger partial charge >= 0.3 is 0 Å². The standard InChI is InChI=1S/C25H24N6O3/c1-15-10-19(11-16(2)27-15)21-22(18-7-5-6-17(12-18)13-26)29-31-9-8-20(28-23(21)31)24(32)30-34-14-25(3,4)33/h5-12,33H,14H2,1-4H3,(H,30,32). The number of carbonyl (C=O) groups is 1. The average Bonchev–Trinajstić information content (AvgIpc) is 3.16. The molecule has 2 N–H and O–H groups in total. The van der Waals surface area contributed by atoms with E-state index < -0.39 is 11.5 Å². The molecule has 1 amide bonds. The van der Waals surface area contributed by atoms with Gasteiger partial charge < -0.3 is 5.11 Å². The molecular weight excluding hydrogens is 432 g/mol. The van der Waals surface area contributed by atoms with Crippen LogP contribution in [-0.2, 0) is 4.84 Å². The molecule has 1 aromatic carbocycles. The molecule has 0 radical (unpaired) electrons. The quantitative estimate of drug-likeness (QED) is 0.426. The fourth-order valence-corrected chi connectivity index (χ4v) is 3.57. The van der Waals surface area contributed by atoms with Crippen LogP contribution >= 0.6 is 0 Å². The molecule has 0 aliphatic heterocycles. The molecule has 34 heavy (non-hydrogen) atoms. The Bertz CT molecular complexity index is 1410. The Morgan fingerprint density at radius 3 is 2.56 bits per heavy atom. The van der Waals surface area contributed by atoms with Crippen LogP contribution in [0.2, 0.25) is 0 Å². The van der Waals surface area contributed by atoms with Gasteiger partial charge in [0, 0.05) is 23.1 Å². The zero-order valence-corrected chi connectivity index (χ0v) is 19.3. The molecule has 0 bridgehead atoms. The SMILES string of the molecule is Cc1cc(-c2c(-c3cccc(C#N)c3)nn3ccc(C(=O)NOCC(C)(C)O)nc23)cc(C)n1. The predicted molar refractivity (Wildman–Crippen MR) is 126 cm³/mol. The van der Waals surface area contributed by atoms with E-state index in [2.05, 4.69) is 21.5 Å². The van der Waals surface area contributed by atoms with E-state index in [1.54, 1.807) is 42.8 Å². The summed E-state index contributed by atoms with van der Waals surface area (Å²) in [4.78, 5) is 26.8. The summed E-state index contributed by atoms with van der Waals surface area (Å²) < 4.78 is 1.60. The van der Waals surface area contributed by atoms with Crippen LogP contribution in [0.15, 0.2) is 48.7 Å². The van der Waals surface area contributed by atoms with Crippen molar-refractivity contribution in [3.63, 3.8) is 0 Å². The number of carbonyl (C=O) groups excluding carboxylic acids is 1. The van der Waals surface area contributed by atoms with Gasteiger partial charge in [-0.15, -0.1) is 0 Å². The van der Waals surface area contributed by atoms with E-state index in [9.17, 15) is 15.2 Å². The van der Waals surface area contributed by atoms with Gasteiger partial charge in [-0.05, 0) is 63.6 Å². The van der Waals surface area contributed by atoms with Crippen LogP contribution in [0.5, 0.6) is 0 Å². The molecule has 0 aliphatic carbocycles. The third-order valence-electron chi connectivity index (χ3n) is 4.94. The second kappa shape index (κ2) is 9.02. The molecule has 172 valence electrons. The van der Waals surface area contributed by atoms with E-state index >= 15 is 0 Å². The molecule has 9 heteroatoms. The monoisotopic (exact) mass is 456 g/mol. The lowest BCUT2D eigenvalue weighted by molar-refractivity contribution is -0.0524. The Morgan fingerprint density at radius 2 is 1.88 bits per heavy atom. The third-order valence-corrected chi connectivity index (χ3v) is 4.94. The number of amides is 1. The number of fused-ring (bicyclic) bond motifs is 1. The topological polar surface area (TPSA) is 125 Å². The van der Waals surface area contributed by atoms with Crippen molar-refractivity contribution in [1.82, 2.24) is 25.1 Å². The average molecular weight is 457 g/mol. The third kappa shape index (κ3) is 4.93. The Balaban J connectivity index is 1.85. The smallest absolute Gasteiger partial charge is 0.293 e. The van der Waals surface area contributed by atoms with Crippen LogP contribution in [0.3, 0.4) is 0 Å². The van der Waals surface area contributed by atoms with Crippen LogP contribution in [-0.4, -0.2) is 42.8 Å². The number of aromatic nitrogens is 4. The highest BCUT2D eigenvalue weighted by atomic mass is 16.7. The lowest BCUT2D eigenvalue weighted by atomic mass is 9.99. The number of hydrogen-bond acceptors (Lipinski definition) is 7. The Kier molecular flexibility index (Phi) is 6.11. The van der Waals surface area contributed by atoms with Crippen molar-refractivity contribution < 1.29 is 14.7 Å². The molecule has 0 aliphatic rings. The Labute approximate surface area is 196 Å². The number of hydroxylamine groups is 1. The minimum absolute atomic E-state index is 0.0755. The van der Waals surface area contributed by atoms with Crippen molar-refractivity contribution in [3.05, 3.63) is 71.3 Å². The van der Waals surface area contributed by atoms with Gasteiger partial charge in [0.25, 0.3) is 5.91 Å². The van der Waals surface area contributed by atoms with Crippen molar-refractivity contribution in [2.24, 2.45) is 0 Å². The number of hydrogen-bond donors (Lipinski definition) is 2. The highest BCUT2D eigenvalue weighted by molar-refractivity contribution is 5.95. The first-order valence-electron chi connectivity index (χ1n) is 10.6.